The van der Waals surface area contributed by atoms with Crippen molar-refractivity contribution < 1.29 is 12.8 Å². The summed E-state index contributed by atoms with van der Waals surface area (Å²) in [6.45, 7) is 0. The molecule has 1 aromatic carbocycles. The molecule has 0 atom stereocenters. The molecule has 0 amide bonds. The van der Waals surface area contributed by atoms with Crippen molar-refractivity contribution in [2.24, 2.45) is 0 Å². The summed E-state index contributed by atoms with van der Waals surface area (Å²) in [5, 5.41) is -0.323. The van der Waals surface area contributed by atoms with Gasteiger partial charge in [0.2, 0.25) is 10.0 Å². The van der Waals surface area contributed by atoms with Crippen LogP contribution in [0.1, 0.15) is 25.7 Å². The lowest BCUT2D eigenvalue weighted by Crippen LogP contribution is -2.25. The van der Waals surface area contributed by atoms with Crippen molar-refractivity contribution in [2.45, 2.75) is 30.9 Å². The van der Waals surface area contributed by atoms with Gasteiger partial charge >= 0.3 is 0 Å². The molecule has 1 aliphatic rings. The Bertz CT molecular complexity index is 467. The minimum atomic E-state index is -3.35. The van der Waals surface area contributed by atoms with Crippen LogP contribution < -0.4 is 4.72 Å². The van der Waals surface area contributed by atoms with E-state index in [4.69, 9.17) is 0 Å². The second-order valence-electron chi connectivity index (χ2n) is 4.06. The summed E-state index contributed by atoms with van der Waals surface area (Å²) in [5.41, 5.74) is 0.298. The number of hydrogen-bond acceptors (Lipinski definition) is 2. The van der Waals surface area contributed by atoms with Crippen molar-refractivity contribution in [3.63, 3.8) is 0 Å². The molecule has 1 saturated carbocycles. The van der Waals surface area contributed by atoms with E-state index < -0.39 is 15.8 Å². The fraction of sp³-hybridized carbons (Fsp3) is 0.455. The van der Waals surface area contributed by atoms with Gasteiger partial charge in [0.15, 0.2) is 0 Å². The summed E-state index contributed by atoms with van der Waals surface area (Å²) >= 11 is 0. The van der Waals surface area contributed by atoms with Gasteiger partial charge in [-0.3, -0.25) is 4.72 Å². The molecular weight excluding hydrogens is 229 g/mol. The molecule has 0 heterocycles. The SMILES string of the molecule is O=S(=O)(Nc1cccc(F)c1)C1CCCC1. The highest BCUT2D eigenvalue weighted by Crippen LogP contribution is 2.26. The summed E-state index contributed by atoms with van der Waals surface area (Å²) in [6.07, 6.45) is 3.30. The smallest absolute Gasteiger partial charge is 0.235 e. The molecule has 16 heavy (non-hydrogen) atoms. The van der Waals surface area contributed by atoms with E-state index in [9.17, 15) is 12.8 Å². The minimum Gasteiger partial charge on any atom is -0.283 e. The normalized spacial score (nSPS) is 17.6. The number of anilines is 1. The Morgan fingerprint density at radius 3 is 2.56 bits per heavy atom. The Hall–Kier alpha value is -1.10. The fourth-order valence-corrected chi connectivity index (χ4v) is 3.57. The van der Waals surface area contributed by atoms with E-state index in [1.54, 1.807) is 6.07 Å². The molecule has 0 aliphatic heterocycles. The van der Waals surface area contributed by atoms with Crippen LogP contribution in [0.3, 0.4) is 0 Å². The quantitative estimate of drug-likeness (QED) is 0.886. The lowest BCUT2D eigenvalue weighted by Gasteiger charge is -2.13. The summed E-state index contributed by atoms with van der Waals surface area (Å²) in [6, 6.07) is 5.51. The molecule has 0 bridgehead atoms. The van der Waals surface area contributed by atoms with Gasteiger partial charge in [-0.1, -0.05) is 18.9 Å². The molecule has 0 spiro atoms. The van der Waals surface area contributed by atoms with Gasteiger partial charge in [-0.15, -0.1) is 0 Å². The van der Waals surface area contributed by atoms with Gasteiger partial charge in [0.25, 0.3) is 0 Å². The first-order valence-corrected chi connectivity index (χ1v) is 6.90. The molecule has 1 N–H and O–H groups in total. The van der Waals surface area contributed by atoms with Crippen molar-refractivity contribution >= 4 is 15.7 Å². The van der Waals surface area contributed by atoms with E-state index in [1.807, 2.05) is 0 Å². The van der Waals surface area contributed by atoms with Crippen LogP contribution in [-0.4, -0.2) is 13.7 Å². The predicted octanol–water partition coefficient (Wildman–Crippen LogP) is 2.51. The Kier molecular flexibility index (Phi) is 3.14. The standard InChI is InChI=1S/C11H14FNO2S/c12-9-4-3-5-10(8-9)13-16(14,15)11-6-1-2-7-11/h3-5,8,11,13H,1-2,6-7H2. The Balaban J connectivity index is 2.14. The van der Waals surface area contributed by atoms with Crippen molar-refractivity contribution in [1.82, 2.24) is 0 Å². The fourth-order valence-electron chi connectivity index (χ4n) is 2.00. The van der Waals surface area contributed by atoms with Crippen LogP contribution >= 0.6 is 0 Å². The first kappa shape index (κ1) is 11.4. The highest BCUT2D eigenvalue weighted by Gasteiger charge is 2.28. The van der Waals surface area contributed by atoms with Crippen LogP contribution in [-0.2, 0) is 10.0 Å². The third-order valence-corrected chi connectivity index (χ3v) is 4.70. The summed E-state index contributed by atoms with van der Waals surface area (Å²) in [7, 11) is -3.35. The van der Waals surface area contributed by atoms with E-state index >= 15 is 0 Å². The molecule has 2 rings (SSSR count). The van der Waals surface area contributed by atoms with Crippen LogP contribution in [0.4, 0.5) is 10.1 Å². The average Bonchev–Trinajstić information content (AvgIpc) is 2.69. The van der Waals surface area contributed by atoms with E-state index in [2.05, 4.69) is 4.72 Å². The monoisotopic (exact) mass is 243 g/mol. The number of hydrogen-bond donors (Lipinski definition) is 1. The maximum absolute atomic E-state index is 12.9. The molecule has 1 aromatic rings. The zero-order chi connectivity index (χ0) is 11.6. The maximum atomic E-state index is 12.9. The lowest BCUT2D eigenvalue weighted by molar-refractivity contribution is 0.585. The molecule has 0 unspecified atom stereocenters. The van der Waals surface area contributed by atoms with Gasteiger partial charge in [-0.25, -0.2) is 12.8 Å². The highest BCUT2D eigenvalue weighted by molar-refractivity contribution is 7.93. The van der Waals surface area contributed by atoms with Crippen LogP contribution in [0.15, 0.2) is 24.3 Å². The number of nitrogens with one attached hydrogen (secondary N) is 1. The van der Waals surface area contributed by atoms with Crippen LogP contribution in [0.25, 0.3) is 0 Å². The van der Waals surface area contributed by atoms with E-state index in [0.29, 0.717) is 18.5 Å². The number of benzene rings is 1. The van der Waals surface area contributed by atoms with Crippen molar-refractivity contribution in [1.29, 1.82) is 0 Å². The van der Waals surface area contributed by atoms with Crippen LogP contribution in [0, 0.1) is 5.82 Å². The van der Waals surface area contributed by atoms with E-state index in [1.165, 1.54) is 18.2 Å². The Labute approximate surface area is 94.7 Å². The van der Waals surface area contributed by atoms with Gasteiger partial charge in [-0.2, -0.15) is 0 Å². The molecule has 3 nitrogen and oxygen atoms in total. The second kappa shape index (κ2) is 4.41. The first-order chi connectivity index (χ1) is 7.58. The zero-order valence-electron chi connectivity index (χ0n) is 8.82. The summed E-state index contributed by atoms with van der Waals surface area (Å²) in [5.74, 6) is -0.438. The molecule has 5 heteroatoms. The number of halogens is 1. The molecule has 0 aromatic heterocycles. The third kappa shape index (κ3) is 2.52. The number of rotatable bonds is 3. The molecule has 1 fully saturated rings. The zero-order valence-corrected chi connectivity index (χ0v) is 9.63. The Morgan fingerprint density at radius 1 is 1.25 bits per heavy atom. The molecule has 0 saturated heterocycles. The number of sulfonamides is 1. The predicted molar refractivity (Wildman–Crippen MR) is 61.2 cm³/mol. The highest BCUT2D eigenvalue weighted by atomic mass is 32.2. The third-order valence-electron chi connectivity index (χ3n) is 2.83. The van der Waals surface area contributed by atoms with Gasteiger partial charge in [-0.05, 0) is 31.0 Å². The lowest BCUT2D eigenvalue weighted by atomic mass is 10.3. The van der Waals surface area contributed by atoms with Gasteiger partial charge in [0, 0.05) is 0 Å². The molecule has 0 radical (unpaired) electrons. The van der Waals surface area contributed by atoms with E-state index in [-0.39, 0.29) is 5.25 Å². The van der Waals surface area contributed by atoms with Gasteiger partial charge in [0.1, 0.15) is 5.82 Å². The maximum Gasteiger partial charge on any atom is 0.235 e. The Morgan fingerprint density at radius 2 is 1.94 bits per heavy atom. The van der Waals surface area contributed by atoms with Crippen molar-refractivity contribution in [3.05, 3.63) is 30.1 Å². The largest absolute Gasteiger partial charge is 0.283 e. The van der Waals surface area contributed by atoms with Crippen molar-refractivity contribution in [2.75, 3.05) is 4.72 Å². The van der Waals surface area contributed by atoms with Crippen LogP contribution in [0.5, 0.6) is 0 Å². The second-order valence-corrected chi connectivity index (χ2v) is 6.02. The minimum absolute atomic E-state index is 0.298. The van der Waals surface area contributed by atoms with Gasteiger partial charge in [0.05, 0.1) is 10.9 Å². The molecular formula is C11H14FNO2S. The summed E-state index contributed by atoms with van der Waals surface area (Å²) in [4.78, 5) is 0. The molecule has 1 aliphatic carbocycles. The topological polar surface area (TPSA) is 46.2 Å². The summed E-state index contributed by atoms with van der Waals surface area (Å²) < 4.78 is 39.1. The van der Waals surface area contributed by atoms with E-state index in [0.717, 1.165) is 12.8 Å². The molecule has 88 valence electrons. The van der Waals surface area contributed by atoms with Gasteiger partial charge < -0.3 is 0 Å². The average molecular weight is 243 g/mol. The van der Waals surface area contributed by atoms with Crippen LogP contribution in [0.2, 0.25) is 0 Å². The first-order valence-electron chi connectivity index (χ1n) is 5.35. The van der Waals surface area contributed by atoms with Crippen molar-refractivity contribution in [3.8, 4) is 0 Å².